The van der Waals surface area contributed by atoms with Gasteiger partial charge >= 0.3 is 17.0 Å². The highest BCUT2D eigenvalue weighted by atomic mass is 16.7. The fourth-order valence-electron chi connectivity index (χ4n) is 1.85. The zero-order chi connectivity index (χ0) is 16.6. The van der Waals surface area contributed by atoms with E-state index in [1.807, 2.05) is 0 Å². The zero-order valence-electron chi connectivity index (χ0n) is 9.55. The van der Waals surface area contributed by atoms with Crippen molar-refractivity contribution in [3.8, 4) is 0 Å². The van der Waals surface area contributed by atoms with Crippen molar-refractivity contribution in [2.24, 2.45) is 0 Å². The number of allylic oxidation sites excluding steroid dienone is 2. The summed E-state index contributed by atoms with van der Waals surface area (Å²) in [6.45, 7) is 0. The Morgan fingerprint density at radius 3 is 1.48 bits per heavy atom. The largest absolute Gasteiger partial charge is 0.688 e. The maximum Gasteiger partial charge on any atom is 0.688 e. The Bertz CT molecular complexity index is 606. The Hall–Kier alpha value is -3.52. The molecule has 0 bridgehead atoms. The molecule has 0 atom stereocenters. The van der Waals surface area contributed by atoms with Crippen LogP contribution in [0.25, 0.3) is 0 Å². The highest BCUT2D eigenvalue weighted by Gasteiger charge is 2.97. The van der Waals surface area contributed by atoms with Crippen LogP contribution in [-0.4, -0.2) is 35.9 Å². The fourth-order valence-corrected chi connectivity index (χ4v) is 1.85. The summed E-state index contributed by atoms with van der Waals surface area (Å²) >= 11 is 0. The summed E-state index contributed by atoms with van der Waals surface area (Å²) in [5.41, 5.74) is -10.5. The molecule has 112 valence electrons. The molecule has 15 heteroatoms. The summed E-state index contributed by atoms with van der Waals surface area (Å²) in [6, 6.07) is 0. The Morgan fingerprint density at radius 1 is 0.762 bits per heavy atom. The lowest BCUT2D eigenvalue weighted by Crippen LogP contribution is -2.72. The summed E-state index contributed by atoms with van der Waals surface area (Å²) in [5.74, 6) is 0. The first-order valence-corrected chi connectivity index (χ1v) is 4.69. The van der Waals surface area contributed by atoms with Crippen LogP contribution in [-0.2, 0) is 0 Å². The first kappa shape index (κ1) is 15.5. The van der Waals surface area contributed by atoms with Gasteiger partial charge in [-0.1, -0.05) is 0 Å². The third-order valence-electron chi connectivity index (χ3n) is 2.73. The molecule has 0 spiro atoms. The second-order valence-corrected chi connectivity index (χ2v) is 3.59. The van der Waals surface area contributed by atoms with Crippen LogP contribution < -0.4 is 0 Å². The first-order chi connectivity index (χ1) is 9.56. The van der Waals surface area contributed by atoms with Crippen LogP contribution in [0.5, 0.6) is 0 Å². The van der Waals surface area contributed by atoms with E-state index in [0.29, 0.717) is 6.08 Å². The number of rotatable bonds is 5. The number of hydrogen-bond donors (Lipinski definition) is 0. The van der Waals surface area contributed by atoms with Gasteiger partial charge in [0.1, 0.15) is 19.7 Å². The average molecular weight is 305 g/mol. The summed E-state index contributed by atoms with van der Waals surface area (Å²) in [5, 5.41) is 54.8. The molecular weight excluding hydrogens is 302 g/mol. The quantitative estimate of drug-likeness (QED) is 0.350. The molecule has 0 N–H and O–H groups in total. The standard InChI is InChI=1S/C6H3N5O10/c12-7(13)4-2-1-3-5(8(14)15,9(16)17)6(4,10(18)19)11(20)21/h1-3H. The van der Waals surface area contributed by atoms with Gasteiger partial charge in [0.2, 0.25) is 0 Å². The number of hydrogen-bond acceptors (Lipinski definition) is 10. The van der Waals surface area contributed by atoms with Gasteiger partial charge in [-0.15, -0.1) is 0 Å². The molecule has 0 fully saturated rings. The minimum atomic E-state index is -4.40. The SMILES string of the molecule is O=[N+]([O-])C1=CC=CC([N+](=O)[O-])([N+](=O)[O-])C1([N+](=O)[O-])[N+](=O)[O-]. The van der Waals surface area contributed by atoms with Gasteiger partial charge in [-0.2, -0.15) is 0 Å². The molecule has 0 radical (unpaired) electrons. The van der Waals surface area contributed by atoms with E-state index in [4.69, 9.17) is 0 Å². The fraction of sp³-hybridized carbons (Fsp3) is 0.333. The van der Waals surface area contributed by atoms with Gasteiger partial charge in [-0.05, 0) is 6.08 Å². The molecule has 0 amide bonds. The highest BCUT2D eigenvalue weighted by molar-refractivity contribution is 5.27. The maximum absolute atomic E-state index is 11.0. The monoisotopic (exact) mass is 305 g/mol. The Kier molecular flexibility index (Phi) is 3.36. The average Bonchev–Trinajstić information content (AvgIpc) is 2.35. The first-order valence-electron chi connectivity index (χ1n) is 4.69. The van der Waals surface area contributed by atoms with E-state index in [2.05, 4.69) is 0 Å². The van der Waals surface area contributed by atoms with Crippen molar-refractivity contribution in [1.29, 1.82) is 0 Å². The molecule has 1 rings (SSSR count). The molecule has 0 aromatic heterocycles. The third-order valence-corrected chi connectivity index (χ3v) is 2.73. The van der Waals surface area contributed by atoms with Crippen LogP contribution in [0, 0.1) is 50.6 Å². The topological polar surface area (TPSA) is 216 Å². The Balaban J connectivity index is 4.01. The minimum absolute atomic E-state index is 0.0361. The molecule has 0 heterocycles. The zero-order valence-corrected chi connectivity index (χ0v) is 9.55. The molecule has 1 aliphatic carbocycles. The molecule has 0 saturated carbocycles. The van der Waals surface area contributed by atoms with Crippen LogP contribution in [0.3, 0.4) is 0 Å². The number of nitrogens with zero attached hydrogens (tertiary/aromatic N) is 5. The van der Waals surface area contributed by atoms with Crippen LogP contribution in [0.15, 0.2) is 23.9 Å². The van der Waals surface area contributed by atoms with Crippen molar-refractivity contribution in [3.63, 3.8) is 0 Å². The molecular formula is C6H3N5O10. The van der Waals surface area contributed by atoms with Crippen molar-refractivity contribution in [2.75, 3.05) is 0 Å². The predicted molar refractivity (Wildman–Crippen MR) is 57.7 cm³/mol. The van der Waals surface area contributed by atoms with Gasteiger partial charge in [-0.25, -0.2) is 0 Å². The van der Waals surface area contributed by atoms with Gasteiger partial charge in [-0.3, -0.25) is 50.6 Å². The van der Waals surface area contributed by atoms with Crippen molar-refractivity contribution in [2.45, 2.75) is 11.3 Å². The van der Waals surface area contributed by atoms with Crippen LogP contribution in [0.2, 0.25) is 0 Å². The smallest absolute Gasteiger partial charge is 0.258 e. The summed E-state index contributed by atoms with van der Waals surface area (Å²) in [6.07, 6.45) is 0.609. The lowest BCUT2D eigenvalue weighted by molar-refractivity contribution is -0.928. The molecule has 21 heavy (non-hydrogen) atoms. The van der Waals surface area contributed by atoms with Gasteiger partial charge in [0, 0.05) is 6.08 Å². The van der Waals surface area contributed by atoms with Crippen LogP contribution in [0.1, 0.15) is 0 Å². The van der Waals surface area contributed by atoms with Gasteiger partial charge < -0.3 is 0 Å². The van der Waals surface area contributed by atoms with E-state index >= 15 is 0 Å². The second kappa shape index (κ2) is 4.54. The molecule has 0 aromatic carbocycles. The van der Waals surface area contributed by atoms with E-state index < -0.39 is 41.6 Å². The Labute approximate surface area is 111 Å². The lowest BCUT2D eigenvalue weighted by atomic mass is 9.86. The van der Waals surface area contributed by atoms with E-state index in [1.54, 1.807) is 0 Å². The normalized spacial score (nSPS) is 18.4. The lowest BCUT2D eigenvalue weighted by Gasteiger charge is -2.21. The van der Waals surface area contributed by atoms with E-state index in [1.165, 1.54) is 0 Å². The molecule has 0 aliphatic heterocycles. The van der Waals surface area contributed by atoms with E-state index in [-0.39, 0.29) is 12.2 Å². The predicted octanol–water partition coefficient (Wildman–Crippen LogP) is -0.784. The molecule has 0 saturated heterocycles. The van der Waals surface area contributed by atoms with Crippen molar-refractivity contribution in [3.05, 3.63) is 74.5 Å². The van der Waals surface area contributed by atoms with E-state index in [0.717, 1.165) is 0 Å². The summed E-state index contributed by atoms with van der Waals surface area (Å²) in [4.78, 5) is 45.3. The minimum Gasteiger partial charge on any atom is -0.258 e. The highest BCUT2D eigenvalue weighted by Crippen LogP contribution is 2.40. The second-order valence-electron chi connectivity index (χ2n) is 3.59. The summed E-state index contributed by atoms with van der Waals surface area (Å²) < 4.78 is 0. The molecule has 15 nitrogen and oxygen atoms in total. The van der Waals surface area contributed by atoms with Gasteiger partial charge in [0.15, 0.2) is 0 Å². The summed E-state index contributed by atoms with van der Waals surface area (Å²) in [7, 11) is 0. The Morgan fingerprint density at radius 2 is 1.19 bits per heavy atom. The van der Waals surface area contributed by atoms with E-state index in [9.17, 15) is 50.6 Å². The van der Waals surface area contributed by atoms with Crippen molar-refractivity contribution >= 4 is 0 Å². The molecule has 0 aromatic rings. The van der Waals surface area contributed by atoms with Gasteiger partial charge in [0.05, 0.1) is 11.0 Å². The van der Waals surface area contributed by atoms with Crippen molar-refractivity contribution in [1.82, 2.24) is 0 Å². The third kappa shape index (κ3) is 1.60. The van der Waals surface area contributed by atoms with Gasteiger partial charge in [0.25, 0.3) is 0 Å². The van der Waals surface area contributed by atoms with Crippen molar-refractivity contribution < 1.29 is 24.6 Å². The molecule has 1 aliphatic rings. The van der Waals surface area contributed by atoms with Crippen LogP contribution in [0.4, 0.5) is 0 Å². The van der Waals surface area contributed by atoms with Crippen LogP contribution >= 0.6 is 0 Å². The maximum atomic E-state index is 11.0. The molecule has 0 unspecified atom stereocenters. The number of nitro groups is 5.